The number of rotatable bonds is 12. The summed E-state index contributed by atoms with van der Waals surface area (Å²) in [4.78, 5) is 47.1. The van der Waals surface area contributed by atoms with Gasteiger partial charge in [0.25, 0.3) is 0 Å². The topological polar surface area (TPSA) is 91.2 Å². The molecule has 3 amide bonds. The predicted octanol–water partition coefficient (Wildman–Crippen LogP) is 3.16. The second-order valence-electron chi connectivity index (χ2n) is 11.3. The van der Waals surface area contributed by atoms with Gasteiger partial charge in [-0.1, -0.05) is 42.5 Å². The van der Waals surface area contributed by atoms with E-state index in [1.165, 1.54) is 6.08 Å². The molecule has 0 bridgehead atoms. The van der Waals surface area contributed by atoms with Gasteiger partial charge in [0.15, 0.2) is 0 Å². The SMILES string of the molecule is COCCN(C)C(=O)[C@H](Cc1ccccc1)N(Cc1ccc(N2CCN(C(C)=O)CC2)cc1)C(=O)/C=C\c1cc(C)nn1C. The normalized spacial score (nSPS) is 14.1. The molecule has 2 heterocycles. The molecule has 4 rings (SSSR count). The van der Waals surface area contributed by atoms with Crippen molar-refractivity contribution in [2.75, 3.05) is 58.4 Å². The number of methoxy groups -OCH3 is 1. The van der Waals surface area contributed by atoms with Gasteiger partial charge in [0, 0.05) is 85.6 Å². The van der Waals surface area contributed by atoms with E-state index in [1.807, 2.05) is 67.4 Å². The van der Waals surface area contributed by atoms with Gasteiger partial charge in [0.2, 0.25) is 17.7 Å². The van der Waals surface area contributed by atoms with E-state index in [1.54, 1.807) is 41.6 Å². The quantitative estimate of drug-likeness (QED) is 0.297. The Kier molecular flexibility index (Phi) is 11.3. The van der Waals surface area contributed by atoms with E-state index in [-0.39, 0.29) is 24.3 Å². The van der Waals surface area contributed by atoms with Crippen LogP contribution in [0, 0.1) is 6.92 Å². The summed E-state index contributed by atoms with van der Waals surface area (Å²) < 4.78 is 6.95. The summed E-state index contributed by atoms with van der Waals surface area (Å²) >= 11 is 0. The van der Waals surface area contributed by atoms with E-state index in [9.17, 15) is 14.4 Å². The highest BCUT2D eigenvalue weighted by Gasteiger charge is 2.31. The molecule has 0 spiro atoms. The number of piperazine rings is 1. The average Bonchev–Trinajstić information content (AvgIpc) is 3.36. The van der Waals surface area contributed by atoms with Gasteiger partial charge in [-0.25, -0.2) is 0 Å². The number of aromatic nitrogens is 2. The van der Waals surface area contributed by atoms with Crippen LogP contribution in [0.2, 0.25) is 0 Å². The number of benzene rings is 2. The summed E-state index contributed by atoms with van der Waals surface area (Å²) in [6.45, 7) is 7.51. The molecule has 44 heavy (non-hydrogen) atoms. The van der Waals surface area contributed by atoms with Crippen molar-refractivity contribution in [2.45, 2.75) is 32.9 Å². The number of carbonyl (C=O) groups excluding carboxylic acids is 3. The number of hydrogen-bond donors (Lipinski definition) is 0. The molecule has 0 N–H and O–H groups in total. The first kappa shape index (κ1) is 32.5. The number of nitrogens with zero attached hydrogens (tertiary/aromatic N) is 6. The van der Waals surface area contributed by atoms with Crippen LogP contribution in [-0.4, -0.2) is 102 Å². The van der Waals surface area contributed by atoms with E-state index in [2.05, 4.69) is 22.1 Å². The lowest BCUT2D eigenvalue weighted by Gasteiger charge is -2.36. The van der Waals surface area contributed by atoms with E-state index < -0.39 is 6.04 Å². The minimum Gasteiger partial charge on any atom is -0.383 e. The molecule has 0 unspecified atom stereocenters. The van der Waals surface area contributed by atoms with Crippen LogP contribution in [0.1, 0.15) is 29.4 Å². The average molecular weight is 601 g/mol. The number of aryl methyl sites for hydroxylation is 2. The molecule has 0 saturated carbocycles. The van der Waals surface area contributed by atoms with Crippen molar-refractivity contribution in [2.24, 2.45) is 7.05 Å². The lowest BCUT2D eigenvalue weighted by Crippen LogP contribution is -2.51. The van der Waals surface area contributed by atoms with Crippen LogP contribution in [0.5, 0.6) is 0 Å². The Morgan fingerprint density at radius 2 is 1.68 bits per heavy atom. The van der Waals surface area contributed by atoms with Gasteiger partial charge in [-0.3, -0.25) is 19.1 Å². The van der Waals surface area contributed by atoms with Gasteiger partial charge in [0.05, 0.1) is 18.0 Å². The third kappa shape index (κ3) is 8.57. The number of carbonyl (C=O) groups is 3. The molecule has 10 nitrogen and oxygen atoms in total. The van der Waals surface area contributed by atoms with Crippen molar-refractivity contribution < 1.29 is 19.1 Å². The van der Waals surface area contributed by atoms with Crippen LogP contribution >= 0.6 is 0 Å². The van der Waals surface area contributed by atoms with Crippen LogP contribution in [0.15, 0.2) is 66.7 Å². The zero-order valence-corrected chi connectivity index (χ0v) is 26.5. The van der Waals surface area contributed by atoms with Gasteiger partial charge in [-0.15, -0.1) is 0 Å². The fourth-order valence-electron chi connectivity index (χ4n) is 5.43. The zero-order chi connectivity index (χ0) is 31.6. The number of likely N-dealkylation sites (N-methyl/N-ethyl adjacent to an activating group) is 1. The van der Waals surface area contributed by atoms with Gasteiger partial charge < -0.3 is 24.3 Å². The third-order valence-corrected chi connectivity index (χ3v) is 8.04. The maximum absolute atomic E-state index is 14.0. The molecule has 1 aliphatic rings. The summed E-state index contributed by atoms with van der Waals surface area (Å²) in [5, 5.41) is 4.38. The van der Waals surface area contributed by atoms with Crippen molar-refractivity contribution in [3.05, 3.63) is 89.3 Å². The van der Waals surface area contributed by atoms with Gasteiger partial charge in [-0.05, 0) is 42.3 Å². The van der Waals surface area contributed by atoms with Crippen molar-refractivity contribution in [1.82, 2.24) is 24.5 Å². The number of hydrogen-bond acceptors (Lipinski definition) is 6. The lowest BCUT2D eigenvalue weighted by atomic mass is 10.0. The Morgan fingerprint density at radius 3 is 2.27 bits per heavy atom. The summed E-state index contributed by atoms with van der Waals surface area (Å²) in [7, 11) is 5.19. The van der Waals surface area contributed by atoms with Crippen molar-refractivity contribution >= 4 is 29.5 Å². The van der Waals surface area contributed by atoms with Crippen molar-refractivity contribution in [1.29, 1.82) is 0 Å². The standard InChI is InChI=1S/C34H44N6O4/c1-26-23-31(37(4)35-26)15-16-33(42)40(32(24-28-9-7-6-8-10-28)34(43)36(3)21-22-44-5)25-29-11-13-30(14-12-29)39-19-17-38(18-20-39)27(2)41/h6-16,23,32H,17-22,24-25H2,1-5H3/b16-15-/t32-/m0/s1. The van der Waals surface area contributed by atoms with Crippen LogP contribution in [0.25, 0.3) is 6.08 Å². The molecule has 0 aliphatic carbocycles. The molecule has 1 atom stereocenters. The minimum atomic E-state index is -0.732. The van der Waals surface area contributed by atoms with Gasteiger partial charge in [0.1, 0.15) is 6.04 Å². The van der Waals surface area contributed by atoms with Crippen molar-refractivity contribution in [3.8, 4) is 0 Å². The first-order valence-corrected chi connectivity index (χ1v) is 15.0. The maximum Gasteiger partial charge on any atom is 0.247 e. The second kappa shape index (κ2) is 15.3. The van der Waals surface area contributed by atoms with Crippen LogP contribution in [-0.2, 0) is 39.1 Å². The Labute approximate surface area is 260 Å². The van der Waals surface area contributed by atoms with E-state index >= 15 is 0 Å². The van der Waals surface area contributed by atoms with E-state index in [4.69, 9.17) is 4.74 Å². The van der Waals surface area contributed by atoms with Crippen LogP contribution in [0.4, 0.5) is 5.69 Å². The fraction of sp³-hybridized carbons (Fsp3) is 0.412. The monoisotopic (exact) mass is 600 g/mol. The van der Waals surface area contributed by atoms with E-state index in [0.717, 1.165) is 41.3 Å². The van der Waals surface area contributed by atoms with Crippen LogP contribution in [0.3, 0.4) is 0 Å². The molecule has 0 radical (unpaired) electrons. The Hall–Kier alpha value is -4.44. The molecule has 1 aromatic heterocycles. The molecule has 1 fully saturated rings. The molecule has 10 heteroatoms. The lowest BCUT2D eigenvalue weighted by molar-refractivity contribution is -0.143. The summed E-state index contributed by atoms with van der Waals surface area (Å²) in [6.07, 6.45) is 3.65. The Morgan fingerprint density at radius 1 is 1.00 bits per heavy atom. The summed E-state index contributed by atoms with van der Waals surface area (Å²) in [5.41, 5.74) is 4.61. The highest BCUT2D eigenvalue weighted by molar-refractivity contribution is 5.95. The summed E-state index contributed by atoms with van der Waals surface area (Å²) in [6, 6.07) is 19.1. The van der Waals surface area contributed by atoms with Crippen LogP contribution < -0.4 is 4.90 Å². The maximum atomic E-state index is 14.0. The predicted molar refractivity (Wildman–Crippen MR) is 172 cm³/mol. The molecule has 1 saturated heterocycles. The fourth-order valence-corrected chi connectivity index (χ4v) is 5.43. The Bertz CT molecular complexity index is 1430. The second-order valence-corrected chi connectivity index (χ2v) is 11.3. The molecular weight excluding hydrogens is 556 g/mol. The van der Waals surface area contributed by atoms with Crippen molar-refractivity contribution in [3.63, 3.8) is 0 Å². The molecule has 1 aliphatic heterocycles. The first-order valence-electron chi connectivity index (χ1n) is 15.0. The zero-order valence-electron chi connectivity index (χ0n) is 26.5. The number of amides is 3. The Balaban J connectivity index is 1.63. The molecular formula is C34H44N6O4. The molecule has 2 aromatic carbocycles. The number of anilines is 1. The smallest absolute Gasteiger partial charge is 0.247 e. The minimum absolute atomic E-state index is 0.102. The van der Waals surface area contributed by atoms with Gasteiger partial charge in [-0.2, -0.15) is 5.10 Å². The number of ether oxygens (including phenoxy) is 1. The highest BCUT2D eigenvalue weighted by Crippen LogP contribution is 2.21. The highest BCUT2D eigenvalue weighted by atomic mass is 16.5. The van der Waals surface area contributed by atoms with E-state index in [0.29, 0.717) is 32.7 Å². The first-order chi connectivity index (χ1) is 21.2. The van der Waals surface area contributed by atoms with Gasteiger partial charge >= 0.3 is 0 Å². The summed E-state index contributed by atoms with van der Waals surface area (Å²) in [5.74, 6) is -0.309. The third-order valence-electron chi connectivity index (χ3n) is 8.04. The largest absolute Gasteiger partial charge is 0.383 e. The molecule has 234 valence electrons. The molecule has 3 aromatic rings.